The van der Waals surface area contributed by atoms with Crippen molar-refractivity contribution in [2.75, 3.05) is 6.61 Å². The lowest BCUT2D eigenvalue weighted by Crippen LogP contribution is -2.61. The SMILES string of the molecule is CC1Oc2cc(C(=O)COC(=O)[C@@H]3C4CCC(CC4)N3C(=O)OC(C)(C)C)ccc2-c2cc3cc(Br)ccc3n21. The van der Waals surface area contributed by atoms with Crippen LogP contribution in [0.3, 0.4) is 0 Å². The Kier molecular flexibility index (Phi) is 6.68. The lowest BCUT2D eigenvalue weighted by atomic mass is 9.75. The maximum Gasteiger partial charge on any atom is 0.411 e. The molecular formula is C31H33BrN2O6. The minimum Gasteiger partial charge on any atom is -0.470 e. The number of amides is 1. The average molecular weight is 610 g/mol. The highest BCUT2D eigenvalue weighted by Gasteiger charge is 2.49. The van der Waals surface area contributed by atoms with Gasteiger partial charge in [-0.05, 0) is 95.7 Å². The molecule has 9 heteroatoms. The van der Waals surface area contributed by atoms with Crippen molar-refractivity contribution in [3.05, 3.63) is 52.5 Å². The molecule has 2 atom stereocenters. The second-order valence-electron chi connectivity index (χ2n) is 12.0. The Morgan fingerprint density at radius 3 is 2.50 bits per heavy atom. The highest BCUT2D eigenvalue weighted by molar-refractivity contribution is 9.10. The van der Waals surface area contributed by atoms with Crippen molar-refractivity contribution in [1.29, 1.82) is 0 Å². The molecule has 1 aliphatic carbocycles. The van der Waals surface area contributed by atoms with Gasteiger partial charge in [0.2, 0.25) is 0 Å². The lowest BCUT2D eigenvalue weighted by Gasteiger charge is -2.49. The molecule has 2 saturated heterocycles. The summed E-state index contributed by atoms with van der Waals surface area (Å²) >= 11 is 3.54. The summed E-state index contributed by atoms with van der Waals surface area (Å²) in [5.74, 6) is -0.259. The second-order valence-corrected chi connectivity index (χ2v) is 12.9. The topological polar surface area (TPSA) is 87.1 Å². The van der Waals surface area contributed by atoms with E-state index in [1.807, 2.05) is 19.1 Å². The van der Waals surface area contributed by atoms with E-state index in [4.69, 9.17) is 14.2 Å². The fraction of sp³-hybridized carbons (Fsp3) is 0.452. The Labute approximate surface area is 241 Å². The molecule has 1 aromatic heterocycles. The van der Waals surface area contributed by atoms with Gasteiger partial charge < -0.3 is 18.8 Å². The van der Waals surface area contributed by atoms with Crippen LogP contribution >= 0.6 is 15.9 Å². The zero-order valence-corrected chi connectivity index (χ0v) is 24.7. The Morgan fingerprint density at radius 2 is 1.77 bits per heavy atom. The summed E-state index contributed by atoms with van der Waals surface area (Å²) < 4.78 is 20.5. The van der Waals surface area contributed by atoms with Gasteiger partial charge in [-0.25, -0.2) is 9.59 Å². The van der Waals surface area contributed by atoms with Gasteiger partial charge in [-0.1, -0.05) is 22.0 Å². The number of aromatic nitrogens is 1. The number of carbonyl (C=O) groups excluding carboxylic acids is 3. The predicted molar refractivity (Wildman–Crippen MR) is 153 cm³/mol. The van der Waals surface area contributed by atoms with Crippen LogP contribution in [0.2, 0.25) is 0 Å². The molecule has 0 spiro atoms. The fourth-order valence-electron chi connectivity index (χ4n) is 6.39. The van der Waals surface area contributed by atoms with E-state index in [-0.39, 0.29) is 24.0 Å². The molecule has 7 rings (SSSR count). The lowest BCUT2D eigenvalue weighted by molar-refractivity contribution is -0.157. The van der Waals surface area contributed by atoms with Gasteiger partial charge in [0.15, 0.2) is 18.6 Å². The molecule has 3 fully saturated rings. The number of piperidine rings is 2. The average Bonchev–Trinajstić information content (AvgIpc) is 3.29. The van der Waals surface area contributed by atoms with Crippen molar-refractivity contribution < 1.29 is 28.6 Å². The van der Waals surface area contributed by atoms with E-state index in [0.29, 0.717) is 11.3 Å². The van der Waals surface area contributed by atoms with E-state index in [9.17, 15) is 14.4 Å². The first kappa shape index (κ1) is 26.9. The zero-order valence-electron chi connectivity index (χ0n) is 23.1. The van der Waals surface area contributed by atoms with Crippen LogP contribution in [0, 0.1) is 5.92 Å². The number of hydrogen-bond donors (Lipinski definition) is 0. The number of Topliss-reactive ketones (excluding diaryl/α,β-unsaturated/α-hetero) is 1. The van der Waals surface area contributed by atoms with Crippen molar-refractivity contribution >= 4 is 44.7 Å². The first-order valence-corrected chi connectivity index (χ1v) is 14.6. The van der Waals surface area contributed by atoms with Crippen LogP contribution in [-0.2, 0) is 14.3 Å². The zero-order chi connectivity index (χ0) is 28.3. The Hall–Kier alpha value is -3.33. The number of nitrogens with zero attached hydrogens (tertiary/aromatic N) is 2. The largest absolute Gasteiger partial charge is 0.470 e. The number of ether oxygens (including phenoxy) is 3. The van der Waals surface area contributed by atoms with Crippen LogP contribution in [0.4, 0.5) is 4.79 Å². The van der Waals surface area contributed by atoms with E-state index in [2.05, 4.69) is 38.7 Å². The number of esters is 1. The van der Waals surface area contributed by atoms with Crippen LogP contribution in [0.25, 0.3) is 22.2 Å². The predicted octanol–water partition coefficient (Wildman–Crippen LogP) is 6.89. The summed E-state index contributed by atoms with van der Waals surface area (Å²) in [6, 6.07) is 12.8. The van der Waals surface area contributed by atoms with Crippen molar-refractivity contribution in [1.82, 2.24) is 9.47 Å². The van der Waals surface area contributed by atoms with Crippen LogP contribution in [0.1, 0.15) is 70.0 Å². The molecule has 2 bridgehead atoms. The molecule has 3 aromatic rings. The summed E-state index contributed by atoms with van der Waals surface area (Å²) in [6.45, 7) is 6.98. The molecule has 1 unspecified atom stereocenters. The second kappa shape index (κ2) is 9.94. The maximum absolute atomic E-state index is 13.3. The summed E-state index contributed by atoms with van der Waals surface area (Å²) in [6.07, 6.45) is 2.63. The minimum atomic E-state index is -0.732. The Morgan fingerprint density at radius 1 is 1.02 bits per heavy atom. The highest BCUT2D eigenvalue weighted by Crippen LogP contribution is 2.43. The van der Waals surface area contributed by atoms with Crippen LogP contribution < -0.4 is 4.74 Å². The summed E-state index contributed by atoms with van der Waals surface area (Å²) in [5, 5.41) is 1.09. The van der Waals surface area contributed by atoms with Gasteiger partial charge in [-0.2, -0.15) is 0 Å². The molecule has 4 heterocycles. The number of hydrogen-bond acceptors (Lipinski definition) is 6. The Balaban J connectivity index is 1.18. The van der Waals surface area contributed by atoms with Crippen molar-refractivity contribution in [2.24, 2.45) is 5.92 Å². The molecule has 4 aliphatic rings. The number of ketones is 1. The van der Waals surface area contributed by atoms with E-state index in [1.165, 1.54) is 0 Å². The molecular weight excluding hydrogens is 576 g/mol. The molecule has 3 aliphatic heterocycles. The third-order valence-corrected chi connectivity index (χ3v) is 8.61. The molecule has 0 N–H and O–H groups in total. The third-order valence-electron chi connectivity index (χ3n) is 8.11. The van der Waals surface area contributed by atoms with Gasteiger partial charge in [0.25, 0.3) is 0 Å². The standard InChI is InChI=1S/C31H33BrN2O6/c1-17-33-24-12-8-21(32)13-20(24)14-25(33)23-11-7-19(15-27(23)39-17)26(35)16-38-29(36)28-18-5-9-22(10-6-18)34(28)30(37)40-31(2,3)4/h7-8,11-15,17-18,22,28H,5-6,9-10,16H2,1-4H3/t17?,18?,22?,28-/m0/s1. The quantitative estimate of drug-likeness (QED) is 0.237. The van der Waals surface area contributed by atoms with Gasteiger partial charge in [0, 0.05) is 27.0 Å². The number of carbonyl (C=O) groups is 3. The number of halogens is 1. The van der Waals surface area contributed by atoms with Crippen LogP contribution in [-0.4, -0.2) is 51.6 Å². The van der Waals surface area contributed by atoms with Gasteiger partial charge in [0.05, 0.1) is 11.2 Å². The normalized spacial score (nSPS) is 23.3. The monoisotopic (exact) mass is 608 g/mol. The van der Waals surface area contributed by atoms with E-state index in [1.54, 1.807) is 37.8 Å². The molecule has 2 aromatic carbocycles. The van der Waals surface area contributed by atoms with Crippen molar-refractivity contribution in [2.45, 2.75) is 77.3 Å². The summed E-state index contributed by atoms with van der Waals surface area (Å²) in [4.78, 5) is 41.0. The molecule has 0 radical (unpaired) electrons. The third kappa shape index (κ3) is 4.78. The number of rotatable bonds is 4. The van der Waals surface area contributed by atoms with Crippen molar-refractivity contribution in [3.8, 4) is 17.0 Å². The smallest absolute Gasteiger partial charge is 0.411 e. The van der Waals surface area contributed by atoms with Gasteiger partial charge in [-0.15, -0.1) is 0 Å². The van der Waals surface area contributed by atoms with Crippen LogP contribution in [0.15, 0.2) is 46.9 Å². The summed E-state index contributed by atoms with van der Waals surface area (Å²) in [5.41, 5.74) is 2.71. The molecule has 40 heavy (non-hydrogen) atoms. The highest BCUT2D eigenvalue weighted by atomic mass is 79.9. The number of fused-ring (bicyclic) bond motifs is 8. The van der Waals surface area contributed by atoms with Crippen LogP contribution in [0.5, 0.6) is 5.75 Å². The number of benzene rings is 2. The first-order valence-electron chi connectivity index (χ1n) is 13.8. The molecule has 1 amide bonds. The fourth-order valence-corrected chi connectivity index (χ4v) is 6.76. The van der Waals surface area contributed by atoms with Gasteiger partial charge in [-0.3, -0.25) is 9.69 Å². The molecule has 8 nitrogen and oxygen atoms in total. The van der Waals surface area contributed by atoms with E-state index >= 15 is 0 Å². The minimum absolute atomic E-state index is 0.00568. The van der Waals surface area contributed by atoms with E-state index < -0.39 is 30.3 Å². The molecule has 1 saturated carbocycles. The first-order chi connectivity index (χ1) is 19.0. The summed E-state index contributed by atoms with van der Waals surface area (Å²) in [7, 11) is 0. The van der Waals surface area contributed by atoms with Gasteiger partial charge >= 0.3 is 12.1 Å². The maximum atomic E-state index is 13.3. The van der Waals surface area contributed by atoms with Crippen molar-refractivity contribution in [3.63, 3.8) is 0 Å². The van der Waals surface area contributed by atoms with E-state index in [0.717, 1.165) is 52.3 Å². The molecule has 210 valence electrons. The Bertz CT molecular complexity index is 1510. The van der Waals surface area contributed by atoms with Gasteiger partial charge in [0.1, 0.15) is 17.4 Å².